The van der Waals surface area contributed by atoms with Gasteiger partial charge in [-0.25, -0.2) is 4.98 Å². The lowest BCUT2D eigenvalue weighted by Crippen LogP contribution is -2.43. The number of H-pyrrole nitrogens is 1. The van der Waals surface area contributed by atoms with Crippen LogP contribution in [0.4, 0.5) is 5.82 Å². The molecule has 4 heterocycles. The second-order valence-corrected chi connectivity index (χ2v) is 8.69. The van der Waals surface area contributed by atoms with Crippen molar-refractivity contribution in [3.05, 3.63) is 36.2 Å². The van der Waals surface area contributed by atoms with Crippen molar-refractivity contribution in [2.75, 3.05) is 25.0 Å². The molecule has 2 unspecified atom stereocenters. The number of rotatable bonds is 9. The van der Waals surface area contributed by atoms with Gasteiger partial charge in [-0.1, -0.05) is 20.3 Å². The minimum Gasteiger partial charge on any atom is -0.478 e. The van der Waals surface area contributed by atoms with Crippen LogP contribution in [-0.2, 0) is 7.05 Å². The van der Waals surface area contributed by atoms with Gasteiger partial charge in [0, 0.05) is 50.7 Å². The zero-order valence-corrected chi connectivity index (χ0v) is 19.3. The predicted octanol–water partition coefficient (Wildman–Crippen LogP) is 4.22. The number of likely N-dealkylation sites (tertiary alicyclic amines) is 1. The molecule has 0 aromatic carbocycles. The molecule has 0 aliphatic carbocycles. The average molecular weight is 439 g/mol. The molecule has 1 saturated heterocycles. The number of nitrogens with zero attached hydrogens (tertiary/aromatic N) is 4. The second kappa shape index (κ2) is 10.2. The monoisotopic (exact) mass is 438 g/mol. The number of ether oxygens (including phenoxy) is 1. The number of amides is 1. The molecule has 1 fully saturated rings. The van der Waals surface area contributed by atoms with E-state index in [1.165, 1.54) is 32.2 Å². The van der Waals surface area contributed by atoms with Gasteiger partial charge in [0.25, 0.3) is 5.91 Å². The van der Waals surface area contributed by atoms with Crippen molar-refractivity contribution in [3.8, 4) is 5.88 Å². The van der Waals surface area contributed by atoms with E-state index in [4.69, 9.17) is 4.74 Å². The van der Waals surface area contributed by atoms with Crippen molar-refractivity contribution in [2.45, 2.75) is 52.0 Å². The number of hydrogen-bond acceptors (Lipinski definition) is 5. The molecular formula is C24H34N6O2. The molecule has 0 bridgehead atoms. The van der Waals surface area contributed by atoms with Crippen molar-refractivity contribution in [3.63, 3.8) is 0 Å². The maximum atomic E-state index is 12.7. The first-order valence-corrected chi connectivity index (χ1v) is 11.7. The van der Waals surface area contributed by atoms with Gasteiger partial charge < -0.3 is 15.0 Å². The summed E-state index contributed by atoms with van der Waals surface area (Å²) in [6, 6.07) is 6.20. The molecule has 3 aromatic heterocycles. The predicted molar refractivity (Wildman–Crippen MR) is 126 cm³/mol. The molecule has 2 atom stereocenters. The van der Waals surface area contributed by atoms with Crippen molar-refractivity contribution in [1.29, 1.82) is 0 Å². The maximum Gasteiger partial charge on any atom is 0.260 e. The minimum atomic E-state index is -0.249. The highest BCUT2D eigenvalue weighted by Gasteiger charge is 2.25. The summed E-state index contributed by atoms with van der Waals surface area (Å²) in [5.74, 6) is 1.63. The van der Waals surface area contributed by atoms with E-state index in [0.29, 0.717) is 35.4 Å². The summed E-state index contributed by atoms with van der Waals surface area (Å²) >= 11 is 0. The Morgan fingerprint density at radius 3 is 2.88 bits per heavy atom. The lowest BCUT2D eigenvalue weighted by Gasteiger charge is -2.39. The molecule has 2 N–H and O–H groups in total. The van der Waals surface area contributed by atoms with E-state index in [1.807, 2.05) is 19.2 Å². The minimum absolute atomic E-state index is 0.249. The fourth-order valence-electron chi connectivity index (χ4n) is 4.60. The number of piperidine rings is 1. The zero-order chi connectivity index (χ0) is 22.5. The quantitative estimate of drug-likeness (QED) is 0.489. The summed E-state index contributed by atoms with van der Waals surface area (Å²) in [4.78, 5) is 23.0. The molecule has 3 aromatic rings. The third-order valence-corrected chi connectivity index (χ3v) is 6.50. The van der Waals surface area contributed by atoms with Crippen LogP contribution in [0.1, 0.15) is 56.3 Å². The Labute approximate surface area is 189 Å². The molecule has 0 spiro atoms. The van der Waals surface area contributed by atoms with Crippen LogP contribution in [0.25, 0.3) is 11.0 Å². The zero-order valence-electron chi connectivity index (χ0n) is 19.3. The Kier molecular flexibility index (Phi) is 7.09. The molecular weight excluding hydrogens is 404 g/mol. The number of aryl methyl sites for hydroxylation is 1. The van der Waals surface area contributed by atoms with Crippen LogP contribution in [0.2, 0.25) is 0 Å². The van der Waals surface area contributed by atoms with E-state index in [-0.39, 0.29) is 5.91 Å². The molecule has 1 aliphatic heterocycles. The van der Waals surface area contributed by atoms with Gasteiger partial charge in [-0.2, -0.15) is 5.10 Å². The van der Waals surface area contributed by atoms with E-state index in [0.717, 1.165) is 24.4 Å². The van der Waals surface area contributed by atoms with Crippen LogP contribution < -0.4 is 10.1 Å². The summed E-state index contributed by atoms with van der Waals surface area (Å²) in [5.41, 5.74) is 1.87. The number of hydrogen-bond donors (Lipinski definition) is 2. The van der Waals surface area contributed by atoms with Crippen molar-refractivity contribution >= 4 is 22.8 Å². The molecule has 172 valence electrons. The molecule has 32 heavy (non-hydrogen) atoms. The SMILES string of the molecule is CCC1CCC(CC)N(CCCOc2ccc3[nH]cc(C(=O)Nc4ccn(C)n4)c3n2)C1. The van der Waals surface area contributed by atoms with Gasteiger partial charge in [-0.05, 0) is 37.7 Å². The summed E-state index contributed by atoms with van der Waals surface area (Å²) in [6.07, 6.45) is 9.57. The smallest absolute Gasteiger partial charge is 0.260 e. The Hall–Kier alpha value is -2.87. The number of aromatic amines is 1. The van der Waals surface area contributed by atoms with Crippen LogP contribution in [0, 0.1) is 5.92 Å². The van der Waals surface area contributed by atoms with Gasteiger partial charge in [0.05, 0.1) is 17.7 Å². The highest BCUT2D eigenvalue weighted by Crippen LogP contribution is 2.26. The largest absolute Gasteiger partial charge is 0.478 e. The van der Waals surface area contributed by atoms with Gasteiger partial charge in [-0.15, -0.1) is 0 Å². The van der Waals surface area contributed by atoms with Crippen LogP contribution in [0.5, 0.6) is 5.88 Å². The van der Waals surface area contributed by atoms with E-state index < -0.39 is 0 Å². The number of nitrogens with one attached hydrogen (secondary N) is 2. The number of aromatic nitrogens is 4. The maximum absolute atomic E-state index is 12.7. The van der Waals surface area contributed by atoms with Crippen LogP contribution in [-0.4, -0.2) is 56.3 Å². The van der Waals surface area contributed by atoms with E-state index in [2.05, 4.69) is 39.1 Å². The normalized spacial score (nSPS) is 19.3. The Morgan fingerprint density at radius 2 is 2.12 bits per heavy atom. The standard InChI is InChI=1S/C24H34N6O2/c1-4-17-7-8-18(5-2)30(16-17)12-6-14-32-22-10-9-20-23(27-22)19(15-25-20)24(31)26-21-11-13-29(3)28-21/h9-11,13,15,17-18,25H,4-8,12,14,16H2,1-3H3,(H,26,28,31). The number of carbonyl (C=O) groups is 1. The van der Waals surface area contributed by atoms with Gasteiger partial charge >= 0.3 is 0 Å². The number of pyridine rings is 1. The topological polar surface area (TPSA) is 88.1 Å². The van der Waals surface area contributed by atoms with Crippen molar-refractivity contribution in [2.24, 2.45) is 13.0 Å². The summed E-state index contributed by atoms with van der Waals surface area (Å²) in [6.45, 7) is 7.46. The third-order valence-electron chi connectivity index (χ3n) is 6.50. The first kappa shape index (κ1) is 22.3. The second-order valence-electron chi connectivity index (χ2n) is 8.69. The summed E-state index contributed by atoms with van der Waals surface area (Å²) < 4.78 is 7.60. The highest BCUT2D eigenvalue weighted by molar-refractivity contribution is 6.11. The molecule has 0 saturated carbocycles. The number of anilines is 1. The van der Waals surface area contributed by atoms with Crippen LogP contribution >= 0.6 is 0 Å². The molecule has 1 amide bonds. The van der Waals surface area contributed by atoms with Crippen LogP contribution in [0.3, 0.4) is 0 Å². The first-order chi connectivity index (χ1) is 15.6. The summed E-state index contributed by atoms with van der Waals surface area (Å²) in [5, 5.41) is 7.00. The molecule has 0 radical (unpaired) electrons. The van der Waals surface area contributed by atoms with Crippen molar-refractivity contribution in [1.82, 2.24) is 24.6 Å². The molecule has 1 aliphatic rings. The van der Waals surface area contributed by atoms with Gasteiger partial charge in [0.2, 0.25) is 5.88 Å². The van der Waals surface area contributed by atoms with Gasteiger partial charge in [0.1, 0.15) is 5.52 Å². The van der Waals surface area contributed by atoms with E-state index >= 15 is 0 Å². The van der Waals surface area contributed by atoms with E-state index in [1.54, 1.807) is 23.1 Å². The lowest BCUT2D eigenvalue weighted by atomic mass is 9.90. The average Bonchev–Trinajstić information content (AvgIpc) is 3.41. The Morgan fingerprint density at radius 1 is 1.25 bits per heavy atom. The highest BCUT2D eigenvalue weighted by atomic mass is 16.5. The van der Waals surface area contributed by atoms with Gasteiger partial charge in [-0.3, -0.25) is 14.4 Å². The molecule has 8 heteroatoms. The number of fused-ring (bicyclic) bond motifs is 1. The van der Waals surface area contributed by atoms with Crippen LogP contribution in [0.15, 0.2) is 30.6 Å². The molecule has 8 nitrogen and oxygen atoms in total. The lowest BCUT2D eigenvalue weighted by molar-refractivity contribution is 0.0954. The Balaban J connectivity index is 1.34. The fourth-order valence-corrected chi connectivity index (χ4v) is 4.60. The molecule has 4 rings (SSSR count). The third kappa shape index (κ3) is 5.12. The van der Waals surface area contributed by atoms with E-state index in [9.17, 15) is 4.79 Å². The Bertz CT molecular complexity index is 1040. The number of carbonyl (C=O) groups excluding carboxylic acids is 1. The first-order valence-electron chi connectivity index (χ1n) is 11.7. The summed E-state index contributed by atoms with van der Waals surface area (Å²) in [7, 11) is 1.81. The van der Waals surface area contributed by atoms with Gasteiger partial charge in [0.15, 0.2) is 5.82 Å². The fraction of sp³-hybridized carbons (Fsp3) is 0.542. The van der Waals surface area contributed by atoms with Crippen molar-refractivity contribution < 1.29 is 9.53 Å².